The number of imide groups is 3. The molecule has 1 aliphatic rings. The van der Waals surface area contributed by atoms with Gasteiger partial charge in [-0.3, -0.25) is 9.59 Å². The molecule has 0 radical (unpaired) electrons. The standard InChI is InChI=1S/C22H29NO8/c1-22(2,3)31-21(27)23-19(25)9-8-18(20(23)26)16-4-6-17(7-5-16)30-15-14-29-13-12-28-11-10-24/h4-7,10,18H,8-9,11-15H2,1-3H3. The largest absolute Gasteiger partial charge is 0.491 e. The van der Waals surface area contributed by atoms with Gasteiger partial charge in [0.25, 0.3) is 0 Å². The molecule has 9 nitrogen and oxygen atoms in total. The van der Waals surface area contributed by atoms with Gasteiger partial charge in [0, 0.05) is 6.42 Å². The van der Waals surface area contributed by atoms with Crippen LogP contribution in [0.4, 0.5) is 4.79 Å². The van der Waals surface area contributed by atoms with Crippen LogP contribution in [0.25, 0.3) is 0 Å². The first-order chi connectivity index (χ1) is 14.7. The van der Waals surface area contributed by atoms with E-state index in [1.807, 2.05) is 0 Å². The van der Waals surface area contributed by atoms with Crippen LogP contribution in [-0.4, -0.2) is 67.7 Å². The maximum absolute atomic E-state index is 12.8. The summed E-state index contributed by atoms with van der Waals surface area (Å²) in [7, 11) is 0. The number of amides is 3. The van der Waals surface area contributed by atoms with Crippen LogP contribution in [0.2, 0.25) is 0 Å². The molecular weight excluding hydrogens is 406 g/mol. The molecule has 1 fully saturated rings. The normalized spacial score (nSPS) is 16.9. The van der Waals surface area contributed by atoms with E-state index in [1.165, 1.54) is 0 Å². The molecule has 1 aromatic rings. The molecular formula is C22H29NO8. The molecule has 3 amide bonds. The molecule has 1 heterocycles. The number of nitrogens with zero attached hydrogens (tertiary/aromatic N) is 1. The average Bonchev–Trinajstić information content (AvgIpc) is 2.69. The molecule has 0 aromatic heterocycles. The smallest absolute Gasteiger partial charge is 0.424 e. The van der Waals surface area contributed by atoms with Crippen molar-refractivity contribution in [2.75, 3.05) is 33.0 Å². The van der Waals surface area contributed by atoms with E-state index in [0.29, 0.717) is 55.3 Å². The Balaban J connectivity index is 1.87. The van der Waals surface area contributed by atoms with Crippen LogP contribution < -0.4 is 4.74 Å². The van der Waals surface area contributed by atoms with Crippen LogP contribution in [0.1, 0.15) is 45.1 Å². The van der Waals surface area contributed by atoms with E-state index in [2.05, 4.69) is 0 Å². The fraction of sp³-hybridized carbons (Fsp3) is 0.545. The number of rotatable bonds is 10. The number of piperidine rings is 1. The van der Waals surface area contributed by atoms with E-state index in [9.17, 15) is 19.2 Å². The highest BCUT2D eigenvalue weighted by molar-refractivity contribution is 6.12. The van der Waals surface area contributed by atoms with Crippen molar-refractivity contribution < 1.29 is 38.1 Å². The third-order valence-corrected chi connectivity index (χ3v) is 4.33. The van der Waals surface area contributed by atoms with Crippen molar-refractivity contribution in [3.05, 3.63) is 29.8 Å². The molecule has 0 N–H and O–H groups in total. The highest BCUT2D eigenvalue weighted by atomic mass is 16.6. The third kappa shape index (κ3) is 7.76. The summed E-state index contributed by atoms with van der Waals surface area (Å²) >= 11 is 0. The van der Waals surface area contributed by atoms with E-state index in [0.717, 1.165) is 0 Å². The number of carbonyl (C=O) groups is 4. The summed E-state index contributed by atoms with van der Waals surface area (Å²) in [6.45, 7) is 6.47. The Bertz CT molecular complexity index is 769. The first-order valence-electron chi connectivity index (χ1n) is 10.1. The summed E-state index contributed by atoms with van der Waals surface area (Å²) in [5, 5.41) is 0. The van der Waals surface area contributed by atoms with Gasteiger partial charge in [-0.2, -0.15) is 4.90 Å². The summed E-state index contributed by atoms with van der Waals surface area (Å²) in [6, 6.07) is 6.94. The molecule has 1 atom stereocenters. The van der Waals surface area contributed by atoms with E-state index < -0.39 is 29.4 Å². The van der Waals surface area contributed by atoms with E-state index in [1.54, 1.807) is 45.0 Å². The van der Waals surface area contributed by atoms with Crippen molar-refractivity contribution in [2.45, 2.75) is 45.1 Å². The second kappa shape index (κ2) is 11.6. The summed E-state index contributed by atoms with van der Waals surface area (Å²) in [4.78, 5) is 48.0. The van der Waals surface area contributed by atoms with Crippen LogP contribution in [-0.2, 0) is 28.6 Å². The molecule has 9 heteroatoms. The molecule has 1 unspecified atom stereocenters. The SMILES string of the molecule is CC(C)(C)OC(=O)N1C(=O)CCC(c2ccc(OCCOCCOCC=O)cc2)C1=O. The minimum atomic E-state index is -0.941. The first kappa shape index (κ1) is 24.5. The molecule has 170 valence electrons. The van der Waals surface area contributed by atoms with Gasteiger partial charge in [-0.25, -0.2) is 4.79 Å². The van der Waals surface area contributed by atoms with Gasteiger partial charge in [0.2, 0.25) is 11.8 Å². The minimum absolute atomic E-state index is 0.0550. The lowest BCUT2D eigenvalue weighted by atomic mass is 9.89. The third-order valence-electron chi connectivity index (χ3n) is 4.33. The van der Waals surface area contributed by atoms with Gasteiger partial charge in [-0.1, -0.05) is 12.1 Å². The predicted molar refractivity (Wildman–Crippen MR) is 110 cm³/mol. The molecule has 1 saturated heterocycles. The van der Waals surface area contributed by atoms with Crippen LogP contribution in [0.15, 0.2) is 24.3 Å². The lowest BCUT2D eigenvalue weighted by Gasteiger charge is -2.31. The van der Waals surface area contributed by atoms with Crippen LogP contribution >= 0.6 is 0 Å². The topological polar surface area (TPSA) is 108 Å². The Hall–Kier alpha value is -2.78. The Labute approximate surface area is 181 Å². The van der Waals surface area contributed by atoms with Crippen molar-refractivity contribution in [3.8, 4) is 5.75 Å². The summed E-state index contributed by atoms with van der Waals surface area (Å²) < 4.78 is 21.1. The van der Waals surface area contributed by atoms with Gasteiger partial charge in [0.1, 0.15) is 30.9 Å². The highest BCUT2D eigenvalue weighted by Crippen LogP contribution is 2.31. The number of hydrogen-bond donors (Lipinski definition) is 0. The Morgan fingerprint density at radius 1 is 1.06 bits per heavy atom. The summed E-state index contributed by atoms with van der Waals surface area (Å²) in [5.41, 5.74) is -0.113. The monoisotopic (exact) mass is 435 g/mol. The van der Waals surface area contributed by atoms with Gasteiger partial charge < -0.3 is 23.7 Å². The number of ether oxygens (including phenoxy) is 4. The molecule has 1 aliphatic heterocycles. The molecule has 1 aromatic carbocycles. The zero-order chi connectivity index (χ0) is 22.9. The second-order valence-electron chi connectivity index (χ2n) is 7.91. The highest BCUT2D eigenvalue weighted by Gasteiger charge is 2.41. The zero-order valence-corrected chi connectivity index (χ0v) is 18.1. The molecule has 2 rings (SSSR count). The number of aldehydes is 1. The predicted octanol–water partition coefficient (Wildman–Crippen LogP) is 2.47. The molecule has 0 saturated carbocycles. The molecule has 0 bridgehead atoms. The maximum Gasteiger partial charge on any atom is 0.424 e. The van der Waals surface area contributed by atoms with Gasteiger partial charge in [-0.15, -0.1) is 0 Å². The Kier molecular flexibility index (Phi) is 9.14. The molecule has 0 spiro atoms. The number of carbonyl (C=O) groups excluding carboxylic acids is 4. The fourth-order valence-corrected chi connectivity index (χ4v) is 2.96. The molecule has 31 heavy (non-hydrogen) atoms. The minimum Gasteiger partial charge on any atom is -0.491 e. The quantitative estimate of drug-likeness (QED) is 0.313. The Morgan fingerprint density at radius 2 is 1.71 bits per heavy atom. The number of benzene rings is 1. The summed E-state index contributed by atoms with van der Waals surface area (Å²) in [5.74, 6) is -1.13. The zero-order valence-electron chi connectivity index (χ0n) is 18.1. The van der Waals surface area contributed by atoms with E-state index in [-0.39, 0.29) is 13.0 Å². The van der Waals surface area contributed by atoms with Gasteiger partial charge in [0.15, 0.2) is 0 Å². The van der Waals surface area contributed by atoms with Crippen LogP contribution in [0.3, 0.4) is 0 Å². The van der Waals surface area contributed by atoms with Crippen molar-refractivity contribution in [1.82, 2.24) is 4.90 Å². The van der Waals surface area contributed by atoms with E-state index >= 15 is 0 Å². The van der Waals surface area contributed by atoms with Crippen molar-refractivity contribution in [1.29, 1.82) is 0 Å². The van der Waals surface area contributed by atoms with E-state index in [4.69, 9.17) is 18.9 Å². The van der Waals surface area contributed by atoms with Crippen molar-refractivity contribution in [2.24, 2.45) is 0 Å². The second-order valence-corrected chi connectivity index (χ2v) is 7.91. The van der Waals surface area contributed by atoms with Crippen molar-refractivity contribution >= 4 is 24.2 Å². The van der Waals surface area contributed by atoms with Crippen molar-refractivity contribution in [3.63, 3.8) is 0 Å². The average molecular weight is 435 g/mol. The lowest BCUT2D eigenvalue weighted by Crippen LogP contribution is -2.49. The maximum atomic E-state index is 12.8. The van der Waals surface area contributed by atoms with Gasteiger partial charge in [0.05, 0.1) is 25.7 Å². The van der Waals surface area contributed by atoms with Crippen LogP contribution in [0.5, 0.6) is 5.75 Å². The fourth-order valence-electron chi connectivity index (χ4n) is 2.96. The Morgan fingerprint density at radius 3 is 2.35 bits per heavy atom. The lowest BCUT2D eigenvalue weighted by molar-refractivity contribution is -0.147. The van der Waals surface area contributed by atoms with Gasteiger partial charge >= 0.3 is 6.09 Å². The number of hydrogen-bond acceptors (Lipinski definition) is 8. The van der Waals surface area contributed by atoms with Gasteiger partial charge in [-0.05, 0) is 44.9 Å². The van der Waals surface area contributed by atoms with Crippen LogP contribution in [0, 0.1) is 0 Å². The summed E-state index contributed by atoms with van der Waals surface area (Å²) in [6.07, 6.45) is 0.156. The number of likely N-dealkylation sites (tertiary alicyclic amines) is 1. The first-order valence-corrected chi connectivity index (χ1v) is 10.1. The molecule has 0 aliphatic carbocycles.